The number of ether oxygens (including phenoxy) is 1. The molecule has 0 aliphatic carbocycles. The average molecular weight is 291 g/mol. The van der Waals surface area contributed by atoms with Gasteiger partial charge in [0.05, 0.1) is 12.3 Å². The predicted octanol–water partition coefficient (Wildman–Crippen LogP) is 0.0717. The molecule has 19 heavy (non-hydrogen) atoms. The number of methoxy groups -OCH3 is 1. The summed E-state index contributed by atoms with van der Waals surface area (Å²) in [6.07, 6.45) is 0. The molecule has 1 aromatic heterocycles. The highest BCUT2D eigenvalue weighted by atomic mass is 32.2. The van der Waals surface area contributed by atoms with Gasteiger partial charge in [-0.3, -0.25) is 5.10 Å². The molecule has 0 saturated heterocycles. The molecule has 1 rings (SSSR count). The van der Waals surface area contributed by atoms with Crippen LogP contribution in [-0.4, -0.2) is 60.8 Å². The first-order chi connectivity index (χ1) is 8.73. The minimum Gasteiger partial charge on any atom is -0.476 e. The average Bonchev–Trinajstić information content (AvgIpc) is 2.71. The normalized spacial score (nSPS) is 13.7. The number of H-pyrrole nitrogens is 1. The second-order valence-electron chi connectivity index (χ2n) is 4.16. The molecular formula is C10H17N3O5S. The third-order valence-corrected chi connectivity index (χ3v) is 4.89. The molecular weight excluding hydrogens is 274 g/mol. The van der Waals surface area contributed by atoms with Gasteiger partial charge < -0.3 is 9.84 Å². The van der Waals surface area contributed by atoms with Crippen LogP contribution in [-0.2, 0) is 14.8 Å². The van der Waals surface area contributed by atoms with Crippen molar-refractivity contribution in [2.45, 2.75) is 24.8 Å². The summed E-state index contributed by atoms with van der Waals surface area (Å²) in [5.74, 6) is -1.39. The van der Waals surface area contributed by atoms with Gasteiger partial charge in [0.2, 0.25) is 10.0 Å². The second kappa shape index (κ2) is 5.68. The number of aromatic nitrogens is 2. The van der Waals surface area contributed by atoms with E-state index in [4.69, 9.17) is 9.84 Å². The highest BCUT2D eigenvalue weighted by molar-refractivity contribution is 7.89. The zero-order chi connectivity index (χ0) is 14.8. The molecule has 108 valence electrons. The fourth-order valence-corrected chi connectivity index (χ4v) is 3.24. The largest absolute Gasteiger partial charge is 0.476 e. The van der Waals surface area contributed by atoms with Gasteiger partial charge in [0, 0.05) is 20.2 Å². The molecule has 0 amide bonds. The van der Waals surface area contributed by atoms with E-state index in [1.54, 1.807) is 6.92 Å². The van der Waals surface area contributed by atoms with Crippen molar-refractivity contribution in [3.8, 4) is 0 Å². The van der Waals surface area contributed by atoms with Crippen LogP contribution in [0, 0.1) is 6.92 Å². The highest BCUT2D eigenvalue weighted by Gasteiger charge is 2.33. The molecule has 9 heteroatoms. The van der Waals surface area contributed by atoms with Crippen molar-refractivity contribution in [1.82, 2.24) is 14.5 Å². The maximum atomic E-state index is 12.4. The number of carbonyl (C=O) groups is 1. The molecule has 0 spiro atoms. The Bertz CT molecular complexity index is 566. The molecule has 0 saturated carbocycles. The summed E-state index contributed by atoms with van der Waals surface area (Å²) in [4.78, 5) is 10.7. The Morgan fingerprint density at radius 1 is 1.58 bits per heavy atom. The minimum atomic E-state index is -3.94. The first-order valence-electron chi connectivity index (χ1n) is 5.48. The Kier molecular flexibility index (Phi) is 4.66. The van der Waals surface area contributed by atoms with E-state index in [1.165, 1.54) is 21.1 Å². The Morgan fingerprint density at radius 2 is 2.16 bits per heavy atom. The summed E-state index contributed by atoms with van der Waals surface area (Å²) < 4.78 is 30.8. The van der Waals surface area contributed by atoms with Gasteiger partial charge in [0.25, 0.3) is 0 Å². The van der Waals surface area contributed by atoms with Gasteiger partial charge in [0.15, 0.2) is 5.69 Å². The molecule has 1 atom stereocenters. The maximum Gasteiger partial charge on any atom is 0.357 e. The number of likely N-dealkylation sites (N-methyl/N-ethyl adjacent to an activating group) is 1. The van der Waals surface area contributed by atoms with Gasteiger partial charge in [-0.2, -0.15) is 9.40 Å². The Balaban J connectivity index is 3.28. The van der Waals surface area contributed by atoms with Crippen LogP contribution in [0.5, 0.6) is 0 Å². The highest BCUT2D eigenvalue weighted by Crippen LogP contribution is 2.22. The van der Waals surface area contributed by atoms with Crippen LogP contribution in [0.1, 0.15) is 23.1 Å². The van der Waals surface area contributed by atoms with Crippen LogP contribution >= 0.6 is 0 Å². The van der Waals surface area contributed by atoms with Crippen molar-refractivity contribution in [3.63, 3.8) is 0 Å². The number of aromatic carboxylic acids is 1. The standard InChI is InChI=1S/C10H17N3O5S/c1-6(5-18-4)13(3)19(16,17)9-7(2)11-12-8(9)10(14)15/h6H,5H2,1-4H3,(H,11,12)(H,14,15). The number of aromatic amines is 1. The van der Waals surface area contributed by atoms with Gasteiger partial charge in [-0.1, -0.05) is 0 Å². The van der Waals surface area contributed by atoms with E-state index >= 15 is 0 Å². The summed E-state index contributed by atoms with van der Waals surface area (Å²) in [5.41, 5.74) is -0.317. The maximum absolute atomic E-state index is 12.4. The number of sulfonamides is 1. The number of carboxylic acids is 1. The fourth-order valence-electron chi connectivity index (χ4n) is 1.61. The van der Waals surface area contributed by atoms with Crippen LogP contribution in [0.15, 0.2) is 4.90 Å². The molecule has 0 bridgehead atoms. The third kappa shape index (κ3) is 2.94. The van der Waals surface area contributed by atoms with Crippen molar-refractivity contribution >= 4 is 16.0 Å². The van der Waals surface area contributed by atoms with Crippen molar-refractivity contribution in [1.29, 1.82) is 0 Å². The lowest BCUT2D eigenvalue weighted by atomic mass is 10.4. The van der Waals surface area contributed by atoms with Crippen molar-refractivity contribution in [3.05, 3.63) is 11.4 Å². The number of hydrogen-bond acceptors (Lipinski definition) is 5. The van der Waals surface area contributed by atoms with Crippen molar-refractivity contribution in [2.75, 3.05) is 20.8 Å². The monoisotopic (exact) mass is 291 g/mol. The van der Waals surface area contributed by atoms with Gasteiger partial charge in [0.1, 0.15) is 4.90 Å². The number of nitrogens with one attached hydrogen (secondary N) is 1. The van der Waals surface area contributed by atoms with E-state index < -0.39 is 27.7 Å². The van der Waals surface area contributed by atoms with Gasteiger partial charge in [-0.25, -0.2) is 13.2 Å². The van der Waals surface area contributed by atoms with E-state index in [0.29, 0.717) is 0 Å². The lowest BCUT2D eigenvalue weighted by Crippen LogP contribution is -2.38. The number of nitrogens with zero attached hydrogens (tertiary/aromatic N) is 2. The second-order valence-corrected chi connectivity index (χ2v) is 6.09. The first-order valence-corrected chi connectivity index (χ1v) is 6.92. The Hall–Kier alpha value is -1.45. The van der Waals surface area contributed by atoms with Gasteiger partial charge >= 0.3 is 5.97 Å². The van der Waals surface area contributed by atoms with Crippen LogP contribution in [0.4, 0.5) is 0 Å². The van der Waals surface area contributed by atoms with Gasteiger partial charge in [-0.05, 0) is 13.8 Å². The molecule has 1 heterocycles. The Morgan fingerprint density at radius 3 is 2.63 bits per heavy atom. The van der Waals surface area contributed by atoms with E-state index in [2.05, 4.69) is 10.2 Å². The molecule has 0 aromatic carbocycles. The summed E-state index contributed by atoms with van der Waals surface area (Å²) in [5, 5.41) is 14.9. The molecule has 0 aliphatic rings. The summed E-state index contributed by atoms with van der Waals surface area (Å²) >= 11 is 0. The van der Waals surface area contributed by atoms with Crippen LogP contribution in [0.25, 0.3) is 0 Å². The van der Waals surface area contributed by atoms with Crippen LogP contribution in [0.2, 0.25) is 0 Å². The zero-order valence-corrected chi connectivity index (χ0v) is 12.0. The van der Waals surface area contributed by atoms with Crippen molar-refractivity contribution in [2.24, 2.45) is 0 Å². The quantitative estimate of drug-likeness (QED) is 0.767. The van der Waals surface area contributed by atoms with E-state index in [-0.39, 0.29) is 17.2 Å². The van der Waals surface area contributed by atoms with E-state index in [9.17, 15) is 13.2 Å². The summed E-state index contributed by atoms with van der Waals surface area (Å²) in [7, 11) is -1.11. The molecule has 0 fully saturated rings. The predicted molar refractivity (Wildman–Crippen MR) is 66.6 cm³/mol. The topological polar surface area (TPSA) is 113 Å². The minimum absolute atomic E-state index is 0.189. The number of hydrogen-bond donors (Lipinski definition) is 2. The Labute approximate surface area is 111 Å². The van der Waals surface area contributed by atoms with E-state index in [1.807, 2.05) is 0 Å². The lowest BCUT2D eigenvalue weighted by molar-refractivity contribution is 0.0686. The van der Waals surface area contributed by atoms with Gasteiger partial charge in [-0.15, -0.1) is 0 Å². The molecule has 0 radical (unpaired) electrons. The van der Waals surface area contributed by atoms with Crippen LogP contribution < -0.4 is 0 Å². The summed E-state index contributed by atoms with van der Waals surface area (Å²) in [6.45, 7) is 3.33. The SMILES string of the molecule is COCC(C)N(C)S(=O)(=O)c1c(C(=O)O)n[nH]c1C. The molecule has 2 N–H and O–H groups in total. The molecule has 1 unspecified atom stereocenters. The lowest BCUT2D eigenvalue weighted by Gasteiger charge is -2.23. The molecule has 1 aromatic rings. The smallest absolute Gasteiger partial charge is 0.357 e. The fraction of sp³-hybridized carbons (Fsp3) is 0.600. The summed E-state index contributed by atoms with van der Waals surface area (Å²) in [6, 6.07) is -0.425. The number of aryl methyl sites for hydroxylation is 1. The molecule has 0 aliphatic heterocycles. The molecule has 8 nitrogen and oxygen atoms in total. The first kappa shape index (κ1) is 15.6. The van der Waals surface area contributed by atoms with Crippen molar-refractivity contribution < 1.29 is 23.1 Å². The number of carboxylic acid groups (broad SMARTS) is 1. The van der Waals surface area contributed by atoms with E-state index in [0.717, 1.165) is 4.31 Å². The van der Waals surface area contributed by atoms with Crippen LogP contribution in [0.3, 0.4) is 0 Å². The number of rotatable bonds is 6. The third-order valence-electron chi connectivity index (χ3n) is 2.76. The zero-order valence-electron chi connectivity index (χ0n) is 11.2.